The minimum Gasteiger partial charge on any atom is -0.466 e. The normalized spacial score (nSPS) is 20.7. The van der Waals surface area contributed by atoms with Crippen molar-refractivity contribution in [2.24, 2.45) is 11.8 Å². The maximum absolute atomic E-state index is 13.0. The zero-order valence-electron chi connectivity index (χ0n) is 12.5. The van der Waals surface area contributed by atoms with E-state index in [4.69, 9.17) is 9.47 Å². The van der Waals surface area contributed by atoms with E-state index in [1.807, 2.05) is 30.3 Å². The molecule has 1 aliphatic heterocycles. The van der Waals surface area contributed by atoms with Gasteiger partial charge in [0.25, 0.3) is 0 Å². The SMILES string of the molecule is CCOC(=O)[C@@H]1CN(C(=O)OCc2ccccc2)C[C@H]1CF. The fraction of sp³-hybridized carbons (Fsp3) is 0.500. The van der Waals surface area contributed by atoms with Crippen LogP contribution in [0.3, 0.4) is 0 Å². The molecule has 1 aromatic carbocycles. The molecule has 0 aromatic heterocycles. The van der Waals surface area contributed by atoms with E-state index in [1.54, 1.807) is 6.92 Å². The number of carbonyl (C=O) groups excluding carboxylic acids is 2. The molecule has 0 N–H and O–H groups in total. The van der Waals surface area contributed by atoms with Crippen molar-refractivity contribution in [3.05, 3.63) is 35.9 Å². The molecule has 1 heterocycles. The van der Waals surface area contributed by atoms with Crippen molar-refractivity contribution in [3.8, 4) is 0 Å². The summed E-state index contributed by atoms with van der Waals surface area (Å²) in [7, 11) is 0. The quantitative estimate of drug-likeness (QED) is 0.784. The van der Waals surface area contributed by atoms with E-state index >= 15 is 0 Å². The summed E-state index contributed by atoms with van der Waals surface area (Å²) < 4.78 is 23.2. The predicted octanol–water partition coefficient (Wildman–Crippen LogP) is 2.40. The Morgan fingerprint density at radius 2 is 1.95 bits per heavy atom. The van der Waals surface area contributed by atoms with Crippen molar-refractivity contribution in [1.82, 2.24) is 4.90 Å². The van der Waals surface area contributed by atoms with Gasteiger partial charge < -0.3 is 14.4 Å². The van der Waals surface area contributed by atoms with E-state index in [9.17, 15) is 14.0 Å². The zero-order chi connectivity index (χ0) is 15.9. The second-order valence-electron chi connectivity index (χ2n) is 5.22. The average molecular weight is 309 g/mol. The van der Waals surface area contributed by atoms with Gasteiger partial charge in [0.1, 0.15) is 6.61 Å². The number of ether oxygens (including phenoxy) is 2. The lowest BCUT2D eigenvalue weighted by Crippen LogP contribution is -2.30. The third-order valence-electron chi connectivity index (χ3n) is 3.69. The fourth-order valence-electron chi connectivity index (χ4n) is 2.50. The third kappa shape index (κ3) is 3.96. The highest BCUT2D eigenvalue weighted by atomic mass is 19.1. The Kier molecular flexibility index (Phi) is 5.75. The molecule has 0 spiro atoms. The number of nitrogens with zero attached hydrogens (tertiary/aromatic N) is 1. The summed E-state index contributed by atoms with van der Waals surface area (Å²) in [5.74, 6) is -1.60. The predicted molar refractivity (Wildman–Crippen MR) is 77.8 cm³/mol. The van der Waals surface area contributed by atoms with Crippen LogP contribution >= 0.6 is 0 Å². The minimum atomic E-state index is -0.661. The number of hydrogen-bond acceptors (Lipinski definition) is 4. The Morgan fingerprint density at radius 1 is 1.23 bits per heavy atom. The molecule has 0 bridgehead atoms. The maximum atomic E-state index is 13.0. The van der Waals surface area contributed by atoms with Crippen LogP contribution in [0.5, 0.6) is 0 Å². The highest BCUT2D eigenvalue weighted by Crippen LogP contribution is 2.26. The Balaban J connectivity index is 1.89. The first-order valence-electron chi connectivity index (χ1n) is 7.34. The number of benzene rings is 1. The summed E-state index contributed by atoms with van der Waals surface area (Å²) >= 11 is 0. The number of hydrogen-bond donors (Lipinski definition) is 0. The summed E-state index contributed by atoms with van der Waals surface area (Å²) in [6, 6.07) is 9.29. The molecule has 1 aromatic rings. The molecule has 1 amide bonds. The molecular weight excluding hydrogens is 289 g/mol. The Bertz CT molecular complexity index is 508. The van der Waals surface area contributed by atoms with Crippen LogP contribution in [0.25, 0.3) is 0 Å². The lowest BCUT2D eigenvalue weighted by Gasteiger charge is -2.16. The number of carbonyl (C=O) groups is 2. The molecule has 2 atom stereocenters. The number of halogens is 1. The molecule has 0 unspecified atom stereocenters. The van der Waals surface area contributed by atoms with Crippen LogP contribution in [0, 0.1) is 11.8 Å². The van der Waals surface area contributed by atoms with Crippen molar-refractivity contribution in [2.75, 3.05) is 26.4 Å². The van der Waals surface area contributed by atoms with Crippen LogP contribution in [0.1, 0.15) is 12.5 Å². The van der Waals surface area contributed by atoms with Crippen molar-refractivity contribution in [1.29, 1.82) is 0 Å². The Morgan fingerprint density at radius 3 is 2.59 bits per heavy atom. The Hall–Kier alpha value is -2.11. The summed E-state index contributed by atoms with van der Waals surface area (Å²) in [6.45, 7) is 1.75. The van der Waals surface area contributed by atoms with Gasteiger partial charge in [0.15, 0.2) is 0 Å². The number of rotatable bonds is 5. The molecule has 6 heteroatoms. The van der Waals surface area contributed by atoms with Gasteiger partial charge in [-0.05, 0) is 12.5 Å². The van der Waals surface area contributed by atoms with Crippen LogP contribution in [-0.2, 0) is 20.9 Å². The van der Waals surface area contributed by atoms with E-state index in [1.165, 1.54) is 4.90 Å². The van der Waals surface area contributed by atoms with Crippen LogP contribution in [-0.4, -0.2) is 43.3 Å². The molecule has 0 saturated carbocycles. The van der Waals surface area contributed by atoms with Crippen LogP contribution in [0.15, 0.2) is 30.3 Å². The van der Waals surface area contributed by atoms with E-state index in [0.29, 0.717) is 0 Å². The first-order valence-corrected chi connectivity index (χ1v) is 7.34. The lowest BCUT2D eigenvalue weighted by atomic mass is 9.98. The highest BCUT2D eigenvalue weighted by Gasteiger charge is 2.41. The van der Waals surface area contributed by atoms with Crippen molar-refractivity contribution >= 4 is 12.1 Å². The molecular formula is C16H20FNO4. The summed E-state index contributed by atoms with van der Waals surface area (Å²) in [5.41, 5.74) is 0.874. The smallest absolute Gasteiger partial charge is 0.410 e. The van der Waals surface area contributed by atoms with Crippen molar-refractivity contribution in [2.45, 2.75) is 13.5 Å². The van der Waals surface area contributed by atoms with Gasteiger partial charge in [0.2, 0.25) is 0 Å². The molecule has 120 valence electrons. The third-order valence-corrected chi connectivity index (χ3v) is 3.69. The molecule has 1 aliphatic rings. The van der Waals surface area contributed by atoms with E-state index in [0.717, 1.165) is 5.56 Å². The number of amides is 1. The van der Waals surface area contributed by atoms with E-state index in [2.05, 4.69) is 0 Å². The average Bonchev–Trinajstić information content (AvgIpc) is 2.98. The van der Waals surface area contributed by atoms with Crippen LogP contribution in [0.2, 0.25) is 0 Å². The fourth-order valence-corrected chi connectivity index (χ4v) is 2.50. The van der Waals surface area contributed by atoms with E-state index in [-0.39, 0.29) is 26.3 Å². The monoisotopic (exact) mass is 309 g/mol. The maximum Gasteiger partial charge on any atom is 0.410 e. The number of alkyl halides is 1. The van der Waals surface area contributed by atoms with Gasteiger partial charge in [0, 0.05) is 19.0 Å². The standard InChI is InChI=1S/C16H20FNO4/c1-2-21-15(19)14-10-18(9-13(14)8-17)16(20)22-11-12-6-4-3-5-7-12/h3-7,13-14H,2,8-11H2,1H3/t13-,14-/m1/s1. The second kappa shape index (κ2) is 7.77. The van der Waals surface area contributed by atoms with Crippen molar-refractivity contribution < 1.29 is 23.5 Å². The highest BCUT2D eigenvalue weighted by molar-refractivity contribution is 5.76. The first kappa shape index (κ1) is 16.3. The van der Waals surface area contributed by atoms with Crippen LogP contribution < -0.4 is 0 Å². The van der Waals surface area contributed by atoms with Gasteiger partial charge in [-0.25, -0.2) is 4.79 Å². The van der Waals surface area contributed by atoms with Gasteiger partial charge >= 0.3 is 12.1 Å². The lowest BCUT2D eigenvalue weighted by molar-refractivity contribution is -0.149. The molecule has 0 aliphatic carbocycles. The first-order chi connectivity index (χ1) is 10.7. The second-order valence-corrected chi connectivity index (χ2v) is 5.22. The molecule has 22 heavy (non-hydrogen) atoms. The van der Waals surface area contributed by atoms with Gasteiger partial charge in [-0.2, -0.15) is 0 Å². The molecule has 0 radical (unpaired) electrons. The minimum absolute atomic E-state index is 0.140. The number of esters is 1. The van der Waals surface area contributed by atoms with Crippen molar-refractivity contribution in [3.63, 3.8) is 0 Å². The largest absolute Gasteiger partial charge is 0.466 e. The summed E-state index contributed by atoms with van der Waals surface area (Å²) in [4.78, 5) is 25.2. The summed E-state index contributed by atoms with van der Waals surface area (Å²) in [5, 5.41) is 0. The Labute approximate surface area is 129 Å². The van der Waals surface area contributed by atoms with Gasteiger partial charge in [0.05, 0.1) is 19.2 Å². The molecule has 1 saturated heterocycles. The molecule has 2 rings (SSSR count). The summed E-state index contributed by atoms with van der Waals surface area (Å²) in [6.07, 6.45) is -0.533. The van der Waals surface area contributed by atoms with Crippen LogP contribution in [0.4, 0.5) is 9.18 Å². The zero-order valence-corrected chi connectivity index (χ0v) is 12.5. The topological polar surface area (TPSA) is 55.8 Å². The van der Waals surface area contributed by atoms with E-state index < -0.39 is 30.6 Å². The van der Waals surface area contributed by atoms with Gasteiger partial charge in [-0.15, -0.1) is 0 Å². The van der Waals surface area contributed by atoms with Gasteiger partial charge in [-0.1, -0.05) is 30.3 Å². The molecule has 1 fully saturated rings. The number of likely N-dealkylation sites (tertiary alicyclic amines) is 1. The van der Waals surface area contributed by atoms with Gasteiger partial charge in [-0.3, -0.25) is 9.18 Å². The molecule has 5 nitrogen and oxygen atoms in total.